The molecule has 0 bridgehead atoms. The molecule has 3 aromatic heterocycles. The van der Waals surface area contributed by atoms with Crippen LogP contribution in [0.5, 0.6) is 0 Å². The average molecular weight is 830 g/mol. The predicted octanol–water partition coefficient (Wildman–Crippen LogP) is 16.6. The van der Waals surface area contributed by atoms with Gasteiger partial charge in [-0.3, -0.25) is 0 Å². The summed E-state index contributed by atoms with van der Waals surface area (Å²) in [6, 6.07) is 77.3. The highest BCUT2D eigenvalue weighted by molar-refractivity contribution is 7.25. The minimum Gasteiger partial charge on any atom is -0.309 e. The minimum absolute atomic E-state index is 0.707. The second kappa shape index (κ2) is 13.7. The largest absolute Gasteiger partial charge is 0.309 e. The van der Waals surface area contributed by atoms with Gasteiger partial charge in [0.2, 0.25) is 0 Å². The monoisotopic (exact) mass is 829 g/mol. The molecule has 3 heterocycles. The van der Waals surface area contributed by atoms with E-state index in [1.54, 1.807) is 0 Å². The van der Waals surface area contributed by atoms with E-state index in [0.717, 1.165) is 33.4 Å². The van der Waals surface area contributed by atoms with Crippen LogP contribution in [-0.4, -0.2) is 14.5 Å². The third-order valence-corrected chi connectivity index (χ3v) is 14.5. The fraction of sp³-hybridized carbons (Fsp3) is 0. The SMILES string of the molecule is c1ccc2c(c1)-c1cccc3c(-c4ccc(-c5nc(-c6ccc(-n7c8ccccc8c8cc(-c9ccc%10sc%11ccccc%11c%10c9)ccc87)cc6)nc6ccccc56)cc4)ccc-2c13. The van der Waals surface area contributed by atoms with Gasteiger partial charge in [0.25, 0.3) is 0 Å². The number of hydrogen-bond acceptors (Lipinski definition) is 3. The molecule has 0 spiro atoms. The van der Waals surface area contributed by atoms with E-state index in [4.69, 9.17) is 9.97 Å². The molecule has 0 N–H and O–H groups in total. The lowest BCUT2D eigenvalue weighted by Crippen LogP contribution is -1.97. The maximum absolute atomic E-state index is 5.29. The first-order valence-corrected chi connectivity index (χ1v) is 22.6. The average Bonchev–Trinajstić information content (AvgIpc) is 4.02. The molecule has 296 valence electrons. The van der Waals surface area contributed by atoms with E-state index in [-0.39, 0.29) is 0 Å². The molecule has 13 aromatic rings. The second-order valence-electron chi connectivity index (χ2n) is 16.9. The van der Waals surface area contributed by atoms with Crippen molar-refractivity contribution in [3.8, 4) is 72.8 Å². The number of para-hydroxylation sites is 2. The zero-order valence-corrected chi connectivity index (χ0v) is 35.3. The molecular formula is C60H35N3S. The normalized spacial score (nSPS) is 12.1. The Balaban J connectivity index is 0.825. The molecule has 0 saturated carbocycles. The first-order chi connectivity index (χ1) is 31.7. The molecule has 3 nitrogen and oxygen atoms in total. The van der Waals surface area contributed by atoms with E-state index in [9.17, 15) is 0 Å². The fourth-order valence-electron chi connectivity index (χ4n) is 10.4. The molecule has 1 aliphatic carbocycles. The molecule has 64 heavy (non-hydrogen) atoms. The molecule has 14 rings (SSSR count). The van der Waals surface area contributed by atoms with Crippen LogP contribution in [0, 0.1) is 0 Å². The lowest BCUT2D eigenvalue weighted by atomic mass is 9.93. The number of benzene rings is 10. The lowest BCUT2D eigenvalue weighted by molar-refractivity contribution is 1.17. The zero-order valence-electron chi connectivity index (χ0n) is 34.5. The highest BCUT2D eigenvalue weighted by atomic mass is 32.1. The van der Waals surface area contributed by atoms with Crippen LogP contribution >= 0.6 is 11.3 Å². The molecule has 0 atom stereocenters. The van der Waals surface area contributed by atoms with Gasteiger partial charge in [0, 0.05) is 53.1 Å². The maximum atomic E-state index is 5.29. The molecule has 0 unspecified atom stereocenters. The molecule has 0 fully saturated rings. The van der Waals surface area contributed by atoms with Crippen LogP contribution in [0.3, 0.4) is 0 Å². The van der Waals surface area contributed by atoms with Crippen molar-refractivity contribution in [1.29, 1.82) is 0 Å². The van der Waals surface area contributed by atoms with Gasteiger partial charge in [-0.15, -0.1) is 11.3 Å². The van der Waals surface area contributed by atoms with Crippen molar-refractivity contribution in [2.24, 2.45) is 0 Å². The Morgan fingerprint density at radius 2 is 0.906 bits per heavy atom. The Morgan fingerprint density at radius 1 is 0.328 bits per heavy atom. The van der Waals surface area contributed by atoms with Crippen LogP contribution in [0.4, 0.5) is 0 Å². The summed E-state index contributed by atoms with van der Waals surface area (Å²) in [5.74, 6) is 0.707. The molecule has 0 aliphatic heterocycles. The van der Waals surface area contributed by atoms with E-state index >= 15 is 0 Å². The van der Waals surface area contributed by atoms with Gasteiger partial charge in [0.05, 0.1) is 22.2 Å². The summed E-state index contributed by atoms with van der Waals surface area (Å²) < 4.78 is 5.03. The topological polar surface area (TPSA) is 30.7 Å². The summed E-state index contributed by atoms with van der Waals surface area (Å²) in [5.41, 5.74) is 17.5. The lowest BCUT2D eigenvalue weighted by Gasteiger charge is -2.13. The van der Waals surface area contributed by atoms with E-state index in [1.807, 2.05) is 11.3 Å². The Kier molecular flexibility index (Phi) is 7.56. The van der Waals surface area contributed by atoms with Gasteiger partial charge < -0.3 is 4.57 Å². The zero-order chi connectivity index (χ0) is 41.9. The van der Waals surface area contributed by atoms with Crippen LogP contribution in [0.15, 0.2) is 212 Å². The standard InChI is InChI=1S/C60H35N3S/c1-2-11-44-43(10-1)48-16-9-15-47-42(30-31-49(44)58(47)48)36-20-22-37(23-21-36)59-50-14-3-6-17-53(50)61-60(62-59)38-24-28-41(29-25-38)63-54-18-7-4-12-45(54)51-34-39(26-32-55(51)63)40-27-33-57-52(35-40)46-13-5-8-19-56(46)64-57/h1-35H. The molecule has 0 radical (unpaired) electrons. The van der Waals surface area contributed by atoms with Crippen molar-refractivity contribution in [2.45, 2.75) is 0 Å². The third-order valence-electron chi connectivity index (χ3n) is 13.4. The number of aromatic nitrogens is 3. The van der Waals surface area contributed by atoms with Gasteiger partial charge in [0.1, 0.15) is 0 Å². The van der Waals surface area contributed by atoms with Crippen molar-refractivity contribution in [2.75, 3.05) is 0 Å². The summed E-state index contributed by atoms with van der Waals surface area (Å²) >= 11 is 1.86. The highest BCUT2D eigenvalue weighted by Gasteiger charge is 2.23. The van der Waals surface area contributed by atoms with Crippen molar-refractivity contribution < 1.29 is 0 Å². The Labute approximate surface area is 372 Å². The Hall–Kier alpha value is -8.18. The summed E-state index contributed by atoms with van der Waals surface area (Å²) in [6.45, 7) is 0. The van der Waals surface area contributed by atoms with Crippen molar-refractivity contribution in [3.63, 3.8) is 0 Å². The number of thiophene rings is 1. The first-order valence-electron chi connectivity index (χ1n) is 21.8. The van der Waals surface area contributed by atoms with E-state index < -0.39 is 0 Å². The number of rotatable bonds is 5. The van der Waals surface area contributed by atoms with Crippen LogP contribution in [-0.2, 0) is 0 Å². The van der Waals surface area contributed by atoms with Gasteiger partial charge in [0.15, 0.2) is 5.82 Å². The second-order valence-corrected chi connectivity index (χ2v) is 17.9. The van der Waals surface area contributed by atoms with Crippen LogP contribution in [0.2, 0.25) is 0 Å². The van der Waals surface area contributed by atoms with Gasteiger partial charge in [-0.05, 0) is 122 Å². The number of nitrogens with zero attached hydrogens (tertiary/aromatic N) is 3. The third kappa shape index (κ3) is 5.27. The smallest absolute Gasteiger partial charge is 0.160 e. The van der Waals surface area contributed by atoms with Gasteiger partial charge in [-0.2, -0.15) is 0 Å². The predicted molar refractivity (Wildman–Crippen MR) is 270 cm³/mol. The summed E-state index contributed by atoms with van der Waals surface area (Å²) in [6.07, 6.45) is 0. The fourth-order valence-corrected chi connectivity index (χ4v) is 11.5. The van der Waals surface area contributed by atoms with Gasteiger partial charge >= 0.3 is 0 Å². The quantitative estimate of drug-likeness (QED) is 0.173. The first kappa shape index (κ1) is 35.4. The molecule has 10 aromatic carbocycles. The van der Waals surface area contributed by atoms with Gasteiger partial charge in [-0.25, -0.2) is 9.97 Å². The molecule has 4 heteroatoms. The molecule has 1 aliphatic rings. The van der Waals surface area contributed by atoms with E-state index in [2.05, 4.69) is 217 Å². The summed E-state index contributed by atoms with van der Waals surface area (Å²) in [5, 5.41) is 8.76. The summed E-state index contributed by atoms with van der Waals surface area (Å²) in [4.78, 5) is 10.4. The molecular weight excluding hydrogens is 795 g/mol. The van der Waals surface area contributed by atoms with E-state index in [0.29, 0.717) is 5.82 Å². The van der Waals surface area contributed by atoms with Crippen molar-refractivity contribution in [1.82, 2.24) is 14.5 Å². The molecule has 0 saturated heterocycles. The number of fused-ring (bicyclic) bond motifs is 10. The van der Waals surface area contributed by atoms with Gasteiger partial charge in [-0.1, -0.05) is 146 Å². The summed E-state index contributed by atoms with van der Waals surface area (Å²) in [7, 11) is 0. The van der Waals surface area contributed by atoms with Crippen molar-refractivity contribution >= 4 is 75.0 Å². The number of hydrogen-bond donors (Lipinski definition) is 0. The van der Waals surface area contributed by atoms with E-state index in [1.165, 1.54) is 97.3 Å². The van der Waals surface area contributed by atoms with Crippen LogP contribution in [0.1, 0.15) is 0 Å². The Bertz CT molecular complexity index is 4030. The van der Waals surface area contributed by atoms with Crippen molar-refractivity contribution in [3.05, 3.63) is 212 Å². The molecule has 0 amide bonds. The highest BCUT2D eigenvalue weighted by Crippen LogP contribution is 2.49. The van der Waals surface area contributed by atoms with Crippen LogP contribution < -0.4 is 0 Å². The maximum Gasteiger partial charge on any atom is 0.160 e. The minimum atomic E-state index is 0.707. The Morgan fingerprint density at radius 3 is 1.75 bits per heavy atom. The van der Waals surface area contributed by atoms with Crippen LogP contribution in [0.25, 0.3) is 136 Å².